The minimum atomic E-state index is -3.06. The summed E-state index contributed by atoms with van der Waals surface area (Å²) in [5.41, 5.74) is 13.3. The number of carbonyl (C=O) groups is 2. The molecule has 26 heavy (non-hydrogen) atoms. The SMILES string of the molecule is CS(N)(C(O)CC(N)(N)C(=O)O)[S+]([O-])S(C)(N)C(O)CC(N)(N)C(=O)O. The third kappa shape index (κ3) is 5.81. The van der Waals surface area contributed by atoms with E-state index in [1.807, 2.05) is 0 Å². The van der Waals surface area contributed by atoms with E-state index in [0.29, 0.717) is 0 Å². The minimum Gasteiger partial charge on any atom is -0.595 e. The zero-order valence-electron chi connectivity index (χ0n) is 14.3. The van der Waals surface area contributed by atoms with E-state index in [1.165, 1.54) is 12.5 Å². The van der Waals surface area contributed by atoms with Gasteiger partial charge in [0.25, 0.3) is 0 Å². The second-order valence-electron chi connectivity index (χ2n) is 6.15. The Morgan fingerprint density at radius 1 is 0.923 bits per heavy atom. The van der Waals surface area contributed by atoms with Crippen LogP contribution in [-0.2, 0) is 18.8 Å². The molecule has 158 valence electrons. The normalized spacial score (nSPS) is 23.7. The van der Waals surface area contributed by atoms with Crippen LogP contribution in [0.3, 0.4) is 0 Å². The first kappa shape index (κ1) is 25.6. The molecule has 4 unspecified atom stereocenters. The fourth-order valence-electron chi connectivity index (χ4n) is 1.58. The molecule has 4 atom stereocenters. The van der Waals surface area contributed by atoms with Crippen LogP contribution in [0.15, 0.2) is 0 Å². The minimum absolute atomic E-state index is 0.727. The molecular weight excluding hydrogens is 412 g/mol. The summed E-state index contributed by atoms with van der Waals surface area (Å²) < 4.78 is 12.8. The van der Waals surface area contributed by atoms with Crippen molar-refractivity contribution >= 4 is 39.7 Å². The molecule has 0 saturated heterocycles. The van der Waals surface area contributed by atoms with E-state index in [4.69, 9.17) is 43.4 Å². The van der Waals surface area contributed by atoms with Crippen LogP contribution in [-0.4, -0.2) is 71.6 Å². The highest BCUT2D eigenvalue weighted by Crippen LogP contribution is 2.65. The molecule has 0 amide bonds. The molecule has 0 radical (unpaired) electrons. The topological polar surface area (TPSA) is 294 Å². The van der Waals surface area contributed by atoms with Crippen LogP contribution in [0.25, 0.3) is 0 Å². The largest absolute Gasteiger partial charge is 0.595 e. The lowest BCUT2D eigenvalue weighted by Crippen LogP contribution is -2.60. The van der Waals surface area contributed by atoms with Crippen molar-refractivity contribution in [2.75, 3.05) is 12.5 Å². The Hall–Kier alpha value is -0.370. The molecule has 13 nitrogen and oxygen atoms in total. The molecule has 0 aliphatic heterocycles. The molecule has 0 bridgehead atoms. The summed E-state index contributed by atoms with van der Waals surface area (Å²) in [5.74, 6) is -3.23. The zero-order chi connectivity index (χ0) is 21.3. The molecule has 0 spiro atoms. The number of hydrogen-bond donors (Lipinski definition) is 10. The van der Waals surface area contributed by atoms with Gasteiger partial charge in [0, 0.05) is 43.8 Å². The van der Waals surface area contributed by atoms with E-state index in [2.05, 4.69) is 0 Å². The van der Waals surface area contributed by atoms with Crippen LogP contribution < -0.4 is 33.2 Å². The predicted octanol–water partition coefficient (Wildman–Crippen LogP) is -4.01. The summed E-state index contributed by atoms with van der Waals surface area (Å²) in [6.07, 6.45) is 0.918. The van der Waals surface area contributed by atoms with E-state index in [1.54, 1.807) is 0 Å². The predicted molar refractivity (Wildman–Crippen MR) is 102 cm³/mol. The summed E-state index contributed by atoms with van der Waals surface area (Å²) in [6, 6.07) is 0. The van der Waals surface area contributed by atoms with Gasteiger partial charge in [-0.05, 0) is 0 Å². The first-order valence-corrected chi connectivity index (χ1v) is 13.3. The summed E-state index contributed by atoms with van der Waals surface area (Å²) in [5, 5.41) is 50.2. The number of carboxylic acid groups (broad SMARTS) is 2. The first-order chi connectivity index (χ1) is 11.3. The molecule has 16 N–H and O–H groups in total. The van der Waals surface area contributed by atoms with E-state index in [9.17, 15) is 24.4 Å². The number of hydrogen-bond acceptors (Lipinski definition) is 11. The number of aliphatic hydroxyl groups is 2. The number of rotatable bonds is 10. The van der Waals surface area contributed by atoms with Crippen LogP contribution in [0.1, 0.15) is 12.8 Å². The highest BCUT2D eigenvalue weighted by atomic mass is 33.6. The molecule has 0 aromatic rings. The van der Waals surface area contributed by atoms with Crippen molar-refractivity contribution in [1.82, 2.24) is 0 Å². The first-order valence-electron chi connectivity index (χ1n) is 6.81. The number of carboxylic acids is 2. The quantitative estimate of drug-likeness (QED) is 0.0880. The Bertz CT molecular complexity index is 501. The number of nitrogens with two attached hydrogens (primary N) is 6. The Labute approximate surface area is 155 Å². The van der Waals surface area contributed by atoms with Gasteiger partial charge in [-0.25, -0.2) is 9.59 Å². The molecule has 0 saturated carbocycles. The van der Waals surface area contributed by atoms with Crippen LogP contribution in [0.4, 0.5) is 0 Å². The second kappa shape index (κ2) is 8.33. The highest BCUT2D eigenvalue weighted by molar-refractivity contribution is 9.21. The van der Waals surface area contributed by atoms with Crippen molar-refractivity contribution in [2.45, 2.75) is 35.0 Å². The average molecular weight is 441 g/mol. The van der Waals surface area contributed by atoms with Crippen molar-refractivity contribution in [3.63, 3.8) is 0 Å². The van der Waals surface area contributed by atoms with Gasteiger partial charge < -0.3 is 47.9 Å². The van der Waals surface area contributed by atoms with E-state index in [-0.39, 0.29) is 0 Å². The molecule has 0 aliphatic rings. The molecule has 16 heteroatoms. The highest BCUT2D eigenvalue weighted by Gasteiger charge is 2.51. The van der Waals surface area contributed by atoms with Crippen molar-refractivity contribution in [2.24, 2.45) is 33.2 Å². The fourth-order valence-corrected chi connectivity index (χ4v) is 14.5. The van der Waals surface area contributed by atoms with Crippen molar-refractivity contribution in [3.8, 4) is 0 Å². The Morgan fingerprint density at radius 3 is 1.35 bits per heavy atom. The number of aliphatic hydroxyl groups excluding tert-OH is 2. The maximum atomic E-state index is 12.8. The lowest BCUT2D eigenvalue weighted by Gasteiger charge is -2.47. The summed E-state index contributed by atoms with van der Waals surface area (Å²) in [7, 11) is -8.40. The summed E-state index contributed by atoms with van der Waals surface area (Å²) in [4.78, 5) is 21.9. The average Bonchev–Trinajstić information content (AvgIpc) is 2.44. The lowest BCUT2D eigenvalue weighted by molar-refractivity contribution is -0.144. The Morgan fingerprint density at radius 2 is 1.15 bits per heavy atom. The second-order valence-corrected chi connectivity index (χ2v) is 18.3. The lowest BCUT2D eigenvalue weighted by atomic mass is 10.1. The van der Waals surface area contributed by atoms with Crippen molar-refractivity contribution in [3.05, 3.63) is 0 Å². The van der Waals surface area contributed by atoms with Gasteiger partial charge >= 0.3 is 11.9 Å². The van der Waals surface area contributed by atoms with Gasteiger partial charge in [-0.1, -0.05) is 0 Å². The smallest absolute Gasteiger partial charge is 0.338 e. The van der Waals surface area contributed by atoms with Crippen LogP contribution >= 0.6 is 18.5 Å². The molecule has 0 heterocycles. The van der Waals surface area contributed by atoms with Gasteiger partial charge in [0.2, 0.25) is 0 Å². The van der Waals surface area contributed by atoms with Gasteiger partial charge in [0.15, 0.2) is 11.3 Å². The maximum Gasteiger partial charge on any atom is 0.338 e. The van der Waals surface area contributed by atoms with E-state index >= 15 is 0 Å². The number of aliphatic carboxylic acids is 2. The maximum absolute atomic E-state index is 12.8. The van der Waals surface area contributed by atoms with Gasteiger partial charge in [-0.15, -0.1) is 0 Å². The van der Waals surface area contributed by atoms with Crippen LogP contribution in [0.5, 0.6) is 0 Å². The van der Waals surface area contributed by atoms with Gasteiger partial charge in [-0.3, -0.25) is 10.3 Å². The molecule has 0 fully saturated rings. The van der Waals surface area contributed by atoms with E-state index < -0.39 is 74.7 Å². The van der Waals surface area contributed by atoms with Crippen LogP contribution in [0, 0.1) is 0 Å². The third-order valence-electron chi connectivity index (χ3n) is 3.49. The van der Waals surface area contributed by atoms with Gasteiger partial charge in [0.1, 0.15) is 10.9 Å². The van der Waals surface area contributed by atoms with E-state index in [0.717, 1.165) is 0 Å². The van der Waals surface area contributed by atoms with Crippen molar-refractivity contribution < 1.29 is 34.6 Å². The fraction of sp³-hybridized carbons (Fsp3) is 0.800. The Balaban J connectivity index is 5.47. The van der Waals surface area contributed by atoms with Gasteiger partial charge in [-0.2, -0.15) is 0 Å². The Kier molecular flexibility index (Phi) is 8.21. The van der Waals surface area contributed by atoms with Crippen molar-refractivity contribution in [1.29, 1.82) is 0 Å². The standard InChI is InChI=1S/C10H28N6O7S3/c1-25(15,5(17)3-9(11,12)7(19)20)24(23)26(2,16)6(18)4-10(13,14)8(21)22/h5-6,17-18H,3-4,11-16H2,1-2H3,(H,19,20)(H,21,22). The zero-order valence-corrected chi connectivity index (χ0v) is 16.7. The molecule has 0 aromatic carbocycles. The molecular formula is C10H28N6O7S3. The summed E-state index contributed by atoms with van der Waals surface area (Å²) >= 11 is 0. The molecule has 0 aromatic heterocycles. The van der Waals surface area contributed by atoms with Crippen LogP contribution in [0.2, 0.25) is 0 Å². The monoisotopic (exact) mass is 440 g/mol. The molecule has 0 rings (SSSR count). The molecule has 0 aliphatic carbocycles. The summed E-state index contributed by atoms with van der Waals surface area (Å²) in [6.45, 7) is 0. The van der Waals surface area contributed by atoms with Gasteiger partial charge in [0.05, 0.1) is 9.24 Å². The third-order valence-corrected chi connectivity index (χ3v) is 17.3.